The molecule has 2 nitrogen and oxygen atoms in total. The maximum absolute atomic E-state index is 4.98. The second kappa shape index (κ2) is 10.9. The van der Waals surface area contributed by atoms with Crippen LogP contribution in [0.1, 0.15) is 39.0 Å². The van der Waals surface area contributed by atoms with Gasteiger partial charge in [-0.3, -0.25) is 4.98 Å². The normalized spacial score (nSPS) is 8.47. The highest BCUT2D eigenvalue weighted by Gasteiger charge is 1.84. The summed E-state index contributed by atoms with van der Waals surface area (Å²) < 4.78 is 4.98. The summed E-state index contributed by atoms with van der Waals surface area (Å²) in [6.45, 7) is 8.20. The summed E-state index contributed by atoms with van der Waals surface area (Å²) in [5.74, 6) is 1.06. The topological polar surface area (TPSA) is 26.0 Å². The third-order valence-electron chi connectivity index (χ3n) is 2.09. The molecule has 0 fully saturated rings. The molecule has 17 heavy (non-hydrogen) atoms. The van der Waals surface area contributed by atoms with Gasteiger partial charge in [-0.15, -0.1) is 0 Å². The van der Waals surface area contributed by atoms with Crippen LogP contribution in [0.4, 0.5) is 0 Å². The van der Waals surface area contributed by atoms with Crippen LogP contribution in [-0.4, -0.2) is 4.98 Å². The molecule has 0 saturated heterocycles. The van der Waals surface area contributed by atoms with Crippen LogP contribution in [0, 0.1) is 0 Å². The second-order valence-electron chi connectivity index (χ2n) is 3.14. The van der Waals surface area contributed by atoms with Crippen molar-refractivity contribution in [2.45, 2.75) is 40.5 Å². The van der Waals surface area contributed by atoms with E-state index >= 15 is 0 Å². The molecule has 2 heterocycles. The number of hydrogen-bond acceptors (Lipinski definition) is 2. The van der Waals surface area contributed by atoms with Gasteiger partial charge >= 0.3 is 0 Å². The van der Waals surface area contributed by atoms with Crippen LogP contribution >= 0.6 is 0 Å². The zero-order chi connectivity index (χ0) is 12.9. The van der Waals surface area contributed by atoms with Gasteiger partial charge in [0.05, 0.1) is 6.26 Å². The minimum atomic E-state index is 0.993. The van der Waals surface area contributed by atoms with E-state index < -0.39 is 0 Å². The van der Waals surface area contributed by atoms with E-state index in [0.717, 1.165) is 18.6 Å². The van der Waals surface area contributed by atoms with Crippen LogP contribution in [0.2, 0.25) is 0 Å². The average Bonchev–Trinajstić information content (AvgIpc) is 2.96. The van der Waals surface area contributed by atoms with Crippen LogP contribution in [0.3, 0.4) is 0 Å². The van der Waals surface area contributed by atoms with Crippen LogP contribution in [-0.2, 0) is 12.8 Å². The van der Waals surface area contributed by atoms with E-state index in [4.69, 9.17) is 4.42 Å². The third kappa shape index (κ3) is 7.34. The van der Waals surface area contributed by atoms with Crippen molar-refractivity contribution in [3.8, 4) is 0 Å². The van der Waals surface area contributed by atoms with Gasteiger partial charge in [-0.1, -0.05) is 27.7 Å². The Balaban J connectivity index is 0.000000265. The Morgan fingerprint density at radius 1 is 1.00 bits per heavy atom. The fourth-order valence-corrected chi connectivity index (χ4v) is 1.13. The Morgan fingerprint density at radius 2 is 1.65 bits per heavy atom. The molecule has 0 atom stereocenters. The lowest BCUT2D eigenvalue weighted by Gasteiger charge is -1.89. The molecule has 0 N–H and O–H groups in total. The van der Waals surface area contributed by atoms with E-state index in [1.54, 1.807) is 6.26 Å². The first-order chi connectivity index (χ1) is 8.36. The van der Waals surface area contributed by atoms with Gasteiger partial charge in [-0.2, -0.15) is 0 Å². The maximum Gasteiger partial charge on any atom is 0.103 e. The Hall–Kier alpha value is -1.57. The summed E-state index contributed by atoms with van der Waals surface area (Å²) in [6, 6.07) is 7.93. The van der Waals surface area contributed by atoms with Crippen LogP contribution < -0.4 is 0 Å². The maximum atomic E-state index is 4.98. The number of hydrogen-bond donors (Lipinski definition) is 0. The first-order valence-electron chi connectivity index (χ1n) is 6.28. The summed E-state index contributed by atoms with van der Waals surface area (Å²) in [7, 11) is 0. The third-order valence-corrected chi connectivity index (χ3v) is 2.09. The summed E-state index contributed by atoms with van der Waals surface area (Å²) in [6.07, 6.45) is 7.42. The molecule has 2 aromatic heterocycles. The van der Waals surface area contributed by atoms with Crippen LogP contribution in [0.5, 0.6) is 0 Å². The van der Waals surface area contributed by atoms with E-state index in [1.165, 1.54) is 5.56 Å². The van der Waals surface area contributed by atoms with Gasteiger partial charge in [0.2, 0.25) is 0 Å². The lowest BCUT2D eigenvalue weighted by atomic mass is 10.2. The Bertz CT molecular complexity index is 340. The highest BCUT2D eigenvalue weighted by molar-refractivity contribution is 5.08. The van der Waals surface area contributed by atoms with Crippen molar-refractivity contribution in [2.24, 2.45) is 0 Å². The van der Waals surface area contributed by atoms with E-state index in [2.05, 4.69) is 18.8 Å². The lowest BCUT2D eigenvalue weighted by Crippen LogP contribution is -1.76. The smallest absolute Gasteiger partial charge is 0.103 e. The second-order valence-corrected chi connectivity index (χ2v) is 3.14. The number of pyridine rings is 1. The molecule has 0 amide bonds. The Morgan fingerprint density at radius 3 is 1.94 bits per heavy atom. The number of rotatable bonds is 2. The van der Waals surface area contributed by atoms with Gasteiger partial charge in [-0.05, 0) is 36.2 Å². The minimum absolute atomic E-state index is 0.993. The molecule has 0 unspecified atom stereocenters. The largest absolute Gasteiger partial charge is 0.469 e. The molecule has 0 spiro atoms. The Labute approximate surface area is 105 Å². The SMILES string of the molecule is CC.CCc1ccco1.CCc1ccncc1. The first-order valence-corrected chi connectivity index (χ1v) is 6.28. The average molecular weight is 233 g/mol. The highest BCUT2D eigenvalue weighted by atomic mass is 16.3. The van der Waals surface area contributed by atoms with Gasteiger partial charge in [0, 0.05) is 18.8 Å². The number of aryl methyl sites for hydroxylation is 2. The predicted molar refractivity (Wildman–Crippen MR) is 73.0 cm³/mol. The summed E-state index contributed by atoms with van der Waals surface area (Å²) in [5, 5.41) is 0. The van der Waals surface area contributed by atoms with Crippen molar-refractivity contribution >= 4 is 0 Å². The summed E-state index contributed by atoms with van der Waals surface area (Å²) in [5.41, 5.74) is 1.35. The number of furan rings is 1. The molecule has 94 valence electrons. The van der Waals surface area contributed by atoms with Gasteiger partial charge < -0.3 is 4.42 Å². The van der Waals surface area contributed by atoms with Crippen molar-refractivity contribution in [3.63, 3.8) is 0 Å². The molecule has 2 aromatic rings. The van der Waals surface area contributed by atoms with E-state index in [1.807, 2.05) is 50.5 Å². The predicted octanol–water partition coefficient (Wildman–Crippen LogP) is 4.51. The fraction of sp³-hybridized carbons (Fsp3) is 0.400. The van der Waals surface area contributed by atoms with Gasteiger partial charge in [0.15, 0.2) is 0 Å². The Kier molecular flexibility index (Phi) is 9.92. The van der Waals surface area contributed by atoms with E-state index in [9.17, 15) is 0 Å². The molecular formula is C15H23NO. The molecule has 2 rings (SSSR count). The quantitative estimate of drug-likeness (QED) is 0.762. The molecule has 2 heteroatoms. The number of nitrogens with zero attached hydrogens (tertiary/aromatic N) is 1. The molecule has 0 aromatic carbocycles. The monoisotopic (exact) mass is 233 g/mol. The van der Waals surface area contributed by atoms with E-state index in [-0.39, 0.29) is 0 Å². The fourth-order valence-electron chi connectivity index (χ4n) is 1.13. The minimum Gasteiger partial charge on any atom is -0.469 e. The molecular weight excluding hydrogens is 210 g/mol. The zero-order valence-corrected chi connectivity index (χ0v) is 11.3. The zero-order valence-electron chi connectivity index (χ0n) is 11.3. The summed E-state index contributed by atoms with van der Waals surface area (Å²) >= 11 is 0. The summed E-state index contributed by atoms with van der Waals surface area (Å²) in [4.78, 5) is 3.89. The van der Waals surface area contributed by atoms with Crippen LogP contribution in [0.15, 0.2) is 47.3 Å². The highest BCUT2D eigenvalue weighted by Crippen LogP contribution is 1.98. The molecule has 0 aliphatic carbocycles. The molecule has 0 bridgehead atoms. The van der Waals surface area contributed by atoms with Gasteiger partial charge in [0.1, 0.15) is 5.76 Å². The lowest BCUT2D eigenvalue weighted by molar-refractivity contribution is 0.516. The van der Waals surface area contributed by atoms with Crippen molar-refractivity contribution < 1.29 is 4.42 Å². The molecule has 0 radical (unpaired) electrons. The molecule has 0 saturated carbocycles. The molecule has 0 aliphatic rings. The van der Waals surface area contributed by atoms with Crippen molar-refractivity contribution in [3.05, 3.63) is 54.2 Å². The van der Waals surface area contributed by atoms with Crippen molar-refractivity contribution in [1.82, 2.24) is 4.98 Å². The standard InChI is InChI=1S/C7H9N.C6H8O.C2H6/c1-2-7-3-5-8-6-4-7;1-2-6-4-3-5-7-6;1-2/h3-6H,2H2,1H3;3-5H,2H2,1H3;1-2H3. The van der Waals surface area contributed by atoms with Gasteiger partial charge in [0.25, 0.3) is 0 Å². The van der Waals surface area contributed by atoms with Crippen LogP contribution in [0.25, 0.3) is 0 Å². The van der Waals surface area contributed by atoms with Crippen molar-refractivity contribution in [2.75, 3.05) is 0 Å². The first kappa shape index (κ1) is 15.4. The van der Waals surface area contributed by atoms with E-state index in [0.29, 0.717) is 0 Å². The van der Waals surface area contributed by atoms with Gasteiger partial charge in [-0.25, -0.2) is 0 Å². The van der Waals surface area contributed by atoms with Crippen molar-refractivity contribution in [1.29, 1.82) is 0 Å². The number of aromatic nitrogens is 1. The molecule has 0 aliphatic heterocycles.